The summed E-state index contributed by atoms with van der Waals surface area (Å²) in [5, 5.41) is -0.236. The third kappa shape index (κ3) is 3.45. The number of benzene rings is 1. The molecular weight excluding hydrogens is 384 g/mol. The summed E-state index contributed by atoms with van der Waals surface area (Å²) >= 11 is 5.81. The molecule has 4 rings (SSSR count). The summed E-state index contributed by atoms with van der Waals surface area (Å²) in [7, 11) is -3.31. The second-order valence-electron chi connectivity index (χ2n) is 7.78. The van der Waals surface area contributed by atoms with Gasteiger partial charge in [-0.25, -0.2) is 21.9 Å². The van der Waals surface area contributed by atoms with E-state index in [2.05, 4.69) is 4.72 Å². The van der Waals surface area contributed by atoms with Crippen LogP contribution in [0.3, 0.4) is 0 Å². The first-order chi connectivity index (χ1) is 12.3. The highest BCUT2D eigenvalue weighted by molar-refractivity contribution is 7.89. The highest BCUT2D eigenvalue weighted by atomic mass is 35.5. The molecule has 2 saturated carbocycles. The number of rotatable bonds is 4. The number of ether oxygens (including phenoxy) is 1. The van der Waals surface area contributed by atoms with Crippen molar-refractivity contribution in [2.45, 2.75) is 50.5 Å². The van der Waals surface area contributed by atoms with E-state index in [4.69, 9.17) is 16.3 Å². The molecule has 8 heteroatoms. The van der Waals surface area contributed by atoms with Gasteiger partial charge >= 0.3 is 0 Å². The topological polar surface area (TPSA) is 55.4 Å². The zero-order valence-corrected chi connectivity index (χ0v) is 15.9. The van der Waals surface area contributed by atoms with Gasteiger partial charge in [-0.2, -0.15) is 0 Å². The minimum absolute atomic E-state index is 0.00562. The maximum Gasteiger partial charge on any atom is 0.212 e. The van der Waals surface area contributed by atoms with Gasteiger partial charge in [0, 0.05) is 17.5 Å². The highest BCUT2D eigenvalue weighted by Gasteiger charge is 2.41. The van der Waals surface area contributed by atoms with Gasteiger partial charge in [-0.3, -0.25) is 0 Å². The third-order valence-electron chi connectivity index (χ3n) is 5.97. The van der Waals surface area contributed by atoms with E-state index in [0.29, 0.717) is 19.3 Å². The number of nitrogens with one attached hydrogen (secondary N) is 1. The second-order valence-corrected chi connectivity index (χ2v) is 9.99. The van der Waals surface area contributed by atoms with Crippen LogP contribution in [0.15, 0.2) is 6.07 Å². The van der Waals surface area contributed by atoms with Crippen molar-refractivity contribution >= 4 is 21.6 Å². The summed E-state index contributed by atoms with van der Waals surface area (Å²) < 4.78 is 61.5. The first kappa shape index (κ1) is 18.4. The number of halogens is 3. The molecule has 0 spiro atoms. The molecule has 26 heavy (non-hydrogen) atoms. The molecule has 1 unspecified atom stereocenters. The van der Waals surface area contributed by atoms with Crippen LogP contribution in [0.25, 0.3) is 0 Å². The van der Waals surface area contributed by atoms with E-state index in [1.54, 1.807) is 0 Å². The molecule has 4 nitrogen and oxygen atoms in total. The van der Waals surface area contributed by atoms with E-state index in [9.17, 15) is 17.2 Å². The lowest BCUT2D eigenvalue weighted by molar-refractivity contribution is 0.126. The first-order valence-electron chi connectivity index (χ1n) is 9.14. The van der Waals surface area contributed by atoms with E-state index < -0.39 is 21.7 Å². The molecule has 2 aliphatic carbocycles. The zero-order valence-electron chi connectivity index (χ0n) is 14.3. The van der Waals surface area contributed by atoms with Crippen molar-refractivity contribution < 1.29 is 21.9 Å². The average Bonchev–Trinajstić information content (AvgIpc) is 2.55. The van der Waals surface area contributed by atoms with Crippen molar-refractivity contribution in [3.63, 3.8) is 0 Å². The van der Waals surface area contributed by atoms with Crippen LogP contribution in [0.1, 0.15) is 50.0 Å². The molecule has 0 saturated heterocycles. The smallest absolute Gasteiger partial charge is 0.212 e. The predicted molar refractivity (Wildman–Crippen MR) is 95.0 cm³/mol. The van der Waals surface area contributed by atoms with Crippen LogP contribution in [0.5, 0.6) is 5.75 Å². The Balaban J connectivity index is 1.48. The van der Waals surface area contributed by atoms with Crippen LogP contribution < -0.4 is 9.46 Å². The Morgan fingerprint density at radius 2 is 2.00 bits per heavy atom. The first-order valence-corrected chi connectivity index (χ1v) is 11.2. The number of sulfonamides is 1. The summed E-state index contributed by atoms with van der Waals surface area (Å²) in [5.41, 5.74) is 0.222. The van der Waals surface area contributed by atoms with Gasteiger partial charge in [0.15, 0.2) is 11.6 Å². The SMILES string of the molecule is O=S(=O)(C[C@@H]1CCC2c3c(F)c(Cl)cc(F)c3OC[C@H]2C1)NC1CCC1. The molecule has 0 amide bonds. The van der Waals surface area contributed by atoms with Gasteiger partial charge in [-0.05, 0) is 50.0 Å². The Bertz CT molecular complexity index is 813. The Hall–Kier alpha value is -0.920. The molecule has 0 radical (unpaired) electrons. The summed E-state index contributed by atoms with van der Waals surface area (Å²) in [5.74, 6) is -1.39. The van der Waals surface area contributed by atoms with Crippen LogP contribution in [-0.2, 0) is 10.0 Å². The normalized spacial score (nSPS) is 28.7. The van der Waals surface area contributed by atoms with Crippen LogP contribution in [-0.4, -0.2) is 26.8 Å². The van der Waals surface area contributed by atoms with Gasteiger partial charge in [0.2, 0.25) is 10.0 Å². The Labute approximate surface area is 157 Å². The molecule has 1 aromatic rings. The average molecular weight is 406 g/mol. The fourth-order valence-corrected chi connectivity index (χ4v) is 6.44. The third-order valence-corrected chi connectivity index (χ3v) is 7.85. The fraction of sp³-hybridized carbons (Fsp3) is 0.667. The summed E-state index contributed by atoms with van der Waals surface area (Å²) in [6.45, 7) is 0.280. The van der Waals surface area contributed by atoms with Crippen LogP contribution in [0, 0.1) is 23.5 Å². The quantitative estimate of drug-likeness (QED) is 0.771. The predicted octanol–water partition coefficient (Wildman–Crippen LogP) is 3.98. The van der Waals surface area contributed by atoms with Crippen molar-refractivity contribution in [2.24, 2.45) is 11.8 Å². The molecule has 2 fully saturated rings. The molecule has 0 bridgehead atoms. The van der Waals surface area contributed by atoms with Crippen LogP contribution in [0.4, 0.5) is 8.78 Å². The molecule has 1 aliphatic heterocycles. The molecule has 0 aromatic heterocycles. The van der Waals surface area contributed by atoms with Crippen molar-refractivity contribution in [3.05, 3.63) is 28.3 Å². The zero-order chi connectivity index (χ0) is 18.5. The monoisotopic (exact) mass is 405 g/mol. The molecule has 3 atom stereocenters. The number of hydrogen-bond acceptors (Lipinski definition) is 3. The lowest BCUT2D eigenvalue weighted by Gasteiger charge is -2.40. The van der Waals surface area contributed by atoms with Crippen molar-refractivity contribution in [1.29, 1.82) is 0 Å². The Kier molecular flexibility index (Phi) is 4.90. The van der Waals surface area contributed by atoms with E-state index in [1.807, 2.05) is 0 Å². The fourth-order valence-electron chi connectivity index (χ4n) is 4.48. The Morgan fingerprint density at radius 1 is 1.23 bits per heavy atom. The Morgan fingerprint density at radius 3 is 2.69 bits per heavy atom. The van der Waals surface area contributed by atoms with Gasteiger partial charge in [-0.15, -0.1) is 0 Å². The largest absolute Gasteiger partial charge is 0.490 e. The molecule has 1 heterocycles. The highest BCUT2D eigenvalue weighted by Crippen LogP contribution is 2.49. The maximum atomic E-state index is 14.5. The van der Waals surface area contributed by atoms with Crippen LogP contribution >= 0.6 is 11.6 Å². The van der Waals surface area contributed by atoms with Crippen molar-refractivity contribution in [1.82, 2.24) is 4.72 Å². The van der Waals surface area contributed by atoms with Crippen molar-refractivity contribution in [3.8, 4) is 5.75 Å². The molecule has 3 aliphatic rings. The standard InChI is InChI=1S/C18H22ClF2NO3S/c19-14-7-15(20)18-16(17(14)21)13-5-4-10(6-11(13)8-25-18)9-26(23,24)22-12-2-1-3-12/h7,10-13,22H,1-6,8-9H2/t10-,11-,13?/m1/s1. The lowest BCUT2D eigenvalue weighted by Crippen LogP contribution is -2.43. The molecule has 1 aromatic carbocycles. The van der Waals surface area contributed by atoms with Crippen LogP contribution in [0.2, 0.25) is 5.02 Å². The second kappa shape index (κ2) is 6.91. The van der Waals surface area contributed by atoms with E-state index in [-0.39, 0.29) is 52.5 Å². The molecule has 1 N–H and O–H groups in total. The minimum Gasteiger partial charge on any atom is -0.490 e. The summed E-state index contributed by atoms with van der Waals surface area (Å²) in [6, 6.07) is 1.03. The molecule has 144 valence electrons. The van der Waals surface area contributed by atoms with Gasteiger partial charge in [0.05, 0.1) is 17.4 Å². The summed E-state index contributed by atoms with van der Waals surface area (Å²) in [4.78, 5) is 0. The van der Waals surface area contributed by atoms with Gasteiger partial charge in [0.25, 0.3) is 0 Å². The summed E-state index contributed by atoms with van der Waals surface area (Å²) in [6.07, 6.45) is 4.79. The van der Waals surface area contributed by atoms with Crippen molar-refractivity contribution in [2.75, 3.05) is 12.4 Å². The molecular formula is C18H22ClF2NO3S. The van der Waals surface area contributed by atoms with E-state index in [0.717, 1.165) is 25.3 Å². The van der Waals surface area contributed by atoms with E-state index >= 15 is 0 Å². The number of hydrogen-bond donors (Lipinski definition) is 1. The van der Waals surface area contributed by atoms with E-state index in [1.165, 1.54) is 0 Å². The van der Waals surface area contributed by atoms with Gasteiger partial charge in [0.1, 0.15) is 5.82 Å². The minimum atomic E-state index is -3.31. The lowest BCUT2D eigenvalue weighted by atomic mass is 9.70. The van der Waals surface area contributed by atoms with Gasteiger partial charge in [-0.1, -0.05) is 18.0 Å². The number of fused-ring (bicyclic) bond motifs is 3. The van der Waals surface area contributed by atoms with Gasteiger partial charge < -0.3 is 4.74 Å². The maximum absolute atomic E-state index is 14.5.